The van der Waals surface area contributed by atoms with E-state index in [-0.39, 0.29) is 0 Å². The van der Waals surface area contributed by atoms with Gasteiger partial charge in [0, 0.05) is 40.6 Å². The summed E-state index contributed by atoms with van der Waals surface area (Å²) in [5.74, 6) is 0.727. The van der Waals surface area contributed by atoms with E-state index in [0.29, 0.717) is 0 Å². The van der Waals surface area contributed by atoms with Gasteiger partial charge in [0.2, 0.25) is 4.96 Å². The second-order valence-corrected chi connectivity index (χ2v) is 6.06. The van der Waals surface area contributed by atoms with Crippen LogP contribution in [0.4, 0.5) is 0 Å². The summed E-state index contributed by atoms with van der Waals surface area (Å²) in [5, 5.41) is 15.3. The second-order valence-electron chi connectivity index (χ2n) is 5.11. The van der Waals surface area contributed by atoms with Crippen LogP contribution in [0.3, 0.4) is 0 Å². The van der Waals surface area contributed by atoms with Crippen molar-refractivity contribution in [3.63, 3.8) is 0 Å². The van der Waals surface area contributed by atoms with E-state index in [0.717, 1.165) is 37.8 Å². The van der Waals surface area contributed by atoms with Crippen molar-refractivity contribution < 1.29 is 0 Å². The summed E-state index contributed by atoms with van der Waals surface area (Å²) in [6.07, 6.45) is 5.47. The first-order valence-corrected chi connectivity index (χ1v) is 7.91. The molecule has 0 bridgehead atoms. The van der Waals surface area contributed by atoms with Crippen molar-refractivity contribution in [1.29, 1.82) is 0 Å². The number of hydrogen-bond acceptors (Lipinski definition) is 5. The van der Waals surface area contributed by atoms with Crippen molar-refractivity contribution in [2.45, 2.75) is 0 Å². The molecule has 0 fully saturated rings. The lowest BCUT2D eigenvalue weighted by Crippen LogP contribution is -1.90. The molecule has 0 saturated carbocycles. The largest absolute Gasteiger partial charge is 0.360 e. The van der Waals surface area contributed by atoms with E-state index in [2.05, 4.69) is 32.3 Å². The van der Waals surface area contributed by atoms with Crippen molar-refractivity contribution in [3.05, 3.63) is 55.0 Å². The molecule has 0 aliphatic carbocycles. The number of hydrogen-bond donors (Lipinski definition) is 1. The molecule has 5 rings (SSSR count). The standard InChI is InChI=1S/C16H10N6S/c1-2-4-13-11(3-1)12(9-18-13)15-21-22-14(19-20-16(22)23-15)10-5-7-17-8-6-10/h1-9,18H. The highest BCUT2D eigenvalue weighted by Crippen LogP contribution is 2.32. The Morgan fingerprint density at radius 3 is 2.78 bits per heavy atom. The maximum absolute atomic E-state index is 4.71. The van der Waals surface area contributed by atoms with Gasteiger partial charge in [0.15, 0.2) is 5.82 Å². The first-order chi connectivity index (χ1) is 11.4. The number of nitrogens with one attached hydrogen (secondary N) is 1. The fourth-order valence-corrected chi connectivity index (χ4v) is 3.52. The minimum atomic E-state index is 0.727. The van der Waals surface area contributed by atoms with E-state index >= 15 is 0 Å². The van der Waals surface area contributed by atoms with E-state index in [1.54, 1.807) is 16.9 Å². The quantitative estimate of drug-likeness (QED) is 0.541. The molecule has 0 unspecified atom stereocenters. The van der Waals surface area contributed by atoms with Gasteiger partial charge in [0.1, 0.15) is 5.01 Å². The third kappa shape index (κ3) is 1.87. The minimum absolute atomic E-state index is 0.727. The first kappa shape index (κ1) is 12.5. The van der Waals surface area contributed by atoms with E-state index < -0.39 is 0 Å². The van der Waals surface area contributed by atoms with Crippen LogP contribution in [-0.2, 0) is 0 Å². The lowest BCUT2D eigenvalue weighted by atomic mass is 10.2. The Balaban J connectivity index is 1.71. The number of rotatable bonds is 2. The molecule has 0 aliphatic heterocycles. The number of benzene rings is 1. The zero-order valence-electron chi connectivity index (χ0n) is 11.8. The molecule has 110 valence electrons. The highest BCUT2D eigenvalue weighted by atomic mass is 32.1. The molecule has 0 saturated heterocycles. The third-order valence-electron chi connectivity index (χ3n) is 3.75. The van der Waals surface area contributed by atoms with Gasteiger partial charge in [-0.3, -0.25) is 4.98 Å². The average molecular weight is 318 g/mol. The molecule has 5 aromatic rings. The summed E-state index contributed by atoms with van der Waals surface area (Å²) in [5.41, 5.74) is 3.13. The van der Waals surface area contributed by atoms with Crippen LogP contribution < -0.4 is 0 Å². The lowest BCUT2D eigenvalue weighted by molar-refractivity contribution is 0.970. The molecule has 0 aliphatic rings. The maximum atomic E-state index is 4.71. The molecule has 23 heavy (non-hydrogen) atoms. The molecule has 1 N–H and O–H groups in total. The normalized spacial score (nSPS) is 11.5. The van der Waals surface area contributed by atoms with Gasteiger partial charge < -0.3 is 4.98 Å². The Kier molecular flexibility index (Phi) is 2.56. The molecular weight excluding hydrogens is 308 g/mol. The second kappa shape index (κ2) is 4.72. The van der Waals surface area contributed by atoms with Crippen molar-refractivity contribution in [1.82, 2.24) is 29.8 Å². The molecule has 0 atom stereocenters. The molecular formula is C16H10N6S. The number of para-hydroxylation sites is 1. The van der Waals surface area contributed by atoms with Crippen LogP contribution in [0, 0.1) is 0 Å². The van der Waals surface area contributed by atoms with E-state index in [4.69, 9.17) is 5.10 Å². The zero-order chi connectivity index (χ0) is 15.2. The van der Waals surface area contributed by atoms with Crippen LogP contribution >= 0.6 is 11.3 Å². The Morgan fingerprint density at radius 2 is 1.87 bits per heavy atom. The van der Waals surface area contributed by atoms with Gasteiger partial charge in [-0.05, 0) is 18.2 Å². The fourth-order valence-electron chi connectivity index (χ4n) is 2.66. The minimum Gasteiger partial charge on any atom is -0.360 e. The number of fused-ring (bicyclic) bond motifs is 2. The van der Waals surface area contributed by atoms with Crippen LogP contribution in [-0.4, -0.2) is 29.8 Å². The van der Waals surface area contributed by atoms with Crippen molar-refractivity contribution in [3.8, 4) is 22.0 Å². The number of nitrogens with zero attached hydrogens (tertiary/aromatic N) is 5. The van der Waals surface area contributed by atoms with Crippen molar-refractivity contribution in [2.24, 2.45) is 0 Å². The Morgan fingerprint density at radius 1 is 1.00 bits per heavy atom. The SMILES string of the molecule is c1ccc2c(-c3nn4c(-c5ccncc5)nnc4s3)c[nH]c2c1. The van der Waals surface area contributed by atoms with Gasteiger partial charge in [-0.15, -0.1) is 10.2 Å². The monoisotopic (exact) mass is 318 g/mol. The first-order valence-electron chi connectivity index (χ1n) is 7.09. The van der Waals surface area contributed by atoms with Gasteiger partial charge >= 0.3 is 0 Å². The number of H-pyrrole nitrogens is 1. The Hall–Kier alpha value is -3.06. The summed E-state index contributed by atoms with van der Waals surface area (Å²) in [7, 11) is 0. The molecule has 4 aromatic heterocycles. The summed E-state index contributed by atoms with van der Waals surface area (Å²) < 4.78 is 1.79. The molecule has 4 heterocycles. The predicted molar refractivity (Wildman–Crippen MR) is 89.2 cm³/mol. The van der Waals surface area contributed by atoms with Crippen LogP contribution in [0.2, 0.25) is 0 Å². The third-order valence-corrected chi connectivity index (χ3v) is 4.68. The van der Waals surface area contributed by atoms with E-state index in [1.807, 2.05) is 30.5 Å². The van der Waals surface area contributed by atoms with Gasteiger partial charge in [-0.2, -0.15) is 9.61 Å². The van der Waals surface area contributed by atoms with Crippen molar-refractivity contribution >= 4 is 27.2 Å². The topological polar surface area (TPSA) is 71.8 Å². The van der Waals surface area contributed by atoms with Gasteiger partial charge in [-0.1, -0.05) is 29.5 Å². The Labute approximate surface area is 134 Å². The smallest absolute Gasteiger partial charge is 0.235 e. The molecule has 6 nitrogen and oxygen atoms in total. The van der Waals surface area contributed by atoms with Crippen LogP contribution in [0.25, 0.3) is 37.8 Å². The summed E-state index contributed by atoms with van der Waals surface area (Å²) >= 11 is 1.53. The van der Waals surface area contributed by atoms with Gasteiger partial charge in [0.25, 0.3) is 0 Å². The Bertz CT molecular complexity index is 1120. The molecule has 0 radical (unpaired) electrons. The summed E-state index contributed by atoms with van der Waals surface area (Å²) in [6.45, 7) is 0. The zero-order valence-corrected chi connectivity index (χ0v) is 12.7. The highest BCUT2D eigenvalue weighted by Gasteiger charge is 2.16. The molecule has 7 heteroatoms. The summed E-state index contributed by atoms with van der Waals surface area (Å²) in [6, 6.07) is 12.0. The lowest BCUT2D eigenvalue weighted by Gasteiger charge is -1.95. The number of aromatic nitrogens is 6. The summed E-state index contributed by atoms with van der Waals surface area (Å²) in [4.78, 5) is 8.09. The highest BCUT2D eigenvalue weighted by molar-refractivity contribution is 7.19. The average Bonchev–Trinajstić information content (AvgIpc) is 3.28. The number of pyridine rings is 1. The van der Waals surface area contributed by atoms with E-state index in [9.17, 15) is 0 Å². The van der Waals surface area contributed by atoms with Crippen molar-refractivity contribution in [2.75, 3.05) is 0 Å². The molecule has 0 amide bonds. The van der Waals surface area contributed by atoms with Crippen LogP contribution in [0.1, 0.15) is 0 Å². The van der Waals surface area contributed by atoms with Crippen LogP contribution in [0.15, 0.2) is 55.0 Å². The fraction of sp³-hybridized carbons (Fsp3) is 0. The predicted octanol–water partition coefficient (Wildman–Crippen LogP) is 3.40. The van der Waals surface area contributed by atoms with E-state index in [1.165, 1.54) is 11.3 Å². The molecule has 0 spiro atoms. The number of aromatic amines is 1. The maximum Gasteiger partial charge on any atom is 0.235 e. The van der Waals surface area contributed by atoms with Crippen LogP contribution in [0.5, 0.6) is 0 Å². The van der Waals surface area contributed by atoms with Gasteiger partial charge in [0.05, 0.1) is 0 Å². The van der Waals surface area contributed by atoms with Gasteiger partial charge in [-0.25, -0.2) is 0 Å². The molecule has 1 aromatic carbocycles.